The van der Waals surface area contributed by atoms with Gasteiger partial charge in [0.2, 0.25) is 5.96 Å². The first-order valence-corrected chi connectivity index (χ1v) is 6.08. The van der Waals surface area contributed by atoms with Crippen LogP contribution in [-0.4, -0.2) is 43.6 Å². The molecular weight excluding hydrogens is 202 g/mol. The highest BCUT2D eigenvalue weighted by atomic mass is 15.3. The number of likely N-dealkylation sites (tertiary alicyclic amines) is 1. The number of hydrogen-bond acceptors (Lipinski definition) is 3. The summed E-state index contributed by atoms with van der Waals surface area (Å²) in [5.41, 5.74) is 2.64. The third-order valence-electron chi connectivity index (χ3n) is 2.81. The molecule has 4 N–H and O–H groups in total. The molecule has 1 saturated heterocycles. The van der Waals surface area contributed by atoms with Crippen LogP contribution in [0.3, 0.4) is 0 Å². The molecular formula is C11H25N5. The Balaban J connectivity index is 2.35. The Morgan fingerprint density at radius 2 is 2.06 bits per heavy atom. The van der Waals surface area contributed by atoms with Crippen molar-refractivity contribution in [2.24, 2.45) is 16.8 Å². The van der Waals surface area contributed by atoms with Crippen LogP contribution in [-0.2, 0) is 0 Å². The molecule has 0 radical (unpaired) electrons. The van der Waals surface area contributed by atoms with Gasteiger partial charge in [-0.1, -0.05) is 13.8 Å². The van der Waals surface area contributed by atoms with Gasteiger partial charge in [-0.15, -0.1) is 0 Å². The van der Waals surface area contributed by atoms with Gasteiger partial charge in [0, 0.05) is 12.6 Å². The molecule has 0 aromatic rings. The van der Waals surface area contributed by atoms with Crippen molar-refractivity contribution in [3.63, 3.8) is 0 Å². The minimum atomic E-state index is 0.498. The third-order valence-corrected chi connectivity index (χ3v) is 2.81. The van der Waals surface area contributed by atoms with Crippen molar-refractivity contribution < 1.29 is 0 Å². The second kappa shape index (κ2) is 6.70. The first-order chi connectivity index (χ1) is 7.61. The van der Waals surface area contributed by atoms with Crippen LogP contribution in [0.4, 0.5) is 0 Å². The summed E-state index contributed by atoms with van der Waals surface area (Å²) in [6.07, 6.45) is 2.30. The molecule has 0 aliphatic carbocycles. The number of nitrogens with two attached hydrogens (primary N) is 1. The largest absolute Gasteiger partial charge is 0.353 e. The Hall–Kier alpha value is -0.810. The summed E-state index contributed by atoms with van der Waals surface area (Å²) in [6, 6.07) is 0.498. The fourth-order valence-electron chi connectivity index (χ4n) is 1.75. The van der Waals surface area contributed by atoms with Crippen molar-refractivity contribution in [2.45, 2.75) is 32.7 Å². The van der Waals surface area contributed by atoms with E-state index in [1.165, 1.54) is 0 Å². The molecule has 0 spiro atoms. The van der Waals surface area contributed by atoms with E-state index in [-0.39, 0.29) is 0 Å². The van der Waals surface area contributed by atoms with Gasteiger partial charge < -0.3 is 10.2 Å². The van der Waals surface area contributed by atoms with E-state index in [2.05, 4.69) is 41.5 Å². The van der Waals surface area contributed by atoms with Crippen LogP contribution in [0.5, 0.6) is 0 Å². The average molecular weight is 227 g/mol. The smallest absolute Gasteiger partial charge is 0.205 e. The van der Waals surface area contributed by atoms with E-state index in [4.69, 9.17) is 5.84 Å². The number of rotatable bonds is 3. The number of aliphatic imine (C=N–C) groups is 1. The fraction of sp³-hybridized carbons (Fsp3) is 0.909. The summed E-state index contributed by atoms with van der Waals surface area (Å²) < 4.78 is 0. The minimum absolute atomic E-state index is 0.498. The standard InChI is InChI=1S/C11H25N5/c1-9(2)8-13-11(15-12)14-10-4-6-16(3)7-5-10/h9-10H,4-8,12H2,1-3H3,(H2,13,14,15). The molecule has 5 heteroatoms. The first kappa shape index (κ1) is 13.3. The van der Waals surface area contributed by atoms with Crippen LogP contribution in [0, 0.1) is 5.92 Å². The zero-order valence-electron chi connectivity index (χ0n) is 10.7. The lowest BCUT2D eigenvalue weighted by Crippen LogP contribution is -2.50. The SMILES string of the molecule is CC(C)CN=C(NN)NC1CCN(C)CC1. The van der Waals surface area contributed by atoms with Gasteiger partial charge in [-0.3, -0.25) is 10.4 Å². The first-order valence-electron chi connectivity index (χ1n) is 6.08. The number of nitrogens with one attached hydrogen (secondary N) is 2. The molecule has 5 nitrogen and oxygen atoms in total. The predicted molar refractivity (Wildman–Crippen MR) is 68.1 cm³/mol. The molecule has 0 bridgehead atoms. The lowest BCUT2D eigenvalue weighted by atomic mass is 10.1. The van der Waals surface area contributed by atoms with E-state index in [1.807, 2.05) is 0 Å². The average Bonchev–Trinajstić information content (AvgIpc) is 2.26. The van der Waals surface area contributed by atoms with Crippen molar-refractivity contribution in [2.75, 3.05) is 26.7 Å². The zero-order chi connectivity index (χ0) is 12.0. The number of hydrogen-bond donors (Lipinski definition) is 3. The molecule has 1 heterocycles. The van der Waals surface area contributed by atoms with E-state index in [1.54, 1.807) is 0 Å². The van der Waals surface area contributed by atoms with Gasteiger partial charge in [-0.25, -0.2) is 5.84 Å². The highest BCUT2D eigenvalue weighted by Crippen LogP contribution is 2.07. The van der Waals surface area contributed by atoms with Gasteiger partial charge in [0.1, 0.15) is 0 Å². The van der Waals surface area contributed by atoms with Gasteiger partial charge in [0.15, 0.2) is 0 Å². The van der Waals surface area contributed by atoms with E-state index in [9.17, 15) is 0 Å². The van der Waals surface area contributed by atoms with Gasteiger partial charge in [-0.05, 0) is 38.9 Å². The van der Waals surface area contributed by atoms with Gasteiger partial charge in [-0.2, -0.15) is 0 Å². The molecule has 94 valence electrons. The monoisotopic (exact) mass is 227 g/mol. The summed E-state index contributed by atoms with van der Waals surface area (Å²) in [4.78, 5) is 6.76. The number of nitrogens with zero attached hydrogens (tertiary/aromatic N) is 2. The van der Waals surface area contributed by atoms with E-state index >= 15 is 0 Å². The van der Waals surface area contributed by atoms with Crippen molar-refractivity contribution >= 4 is 5.96 Å². The molecule has 1 fully saturated rings. The molecule has 16 heavy (non-hydrogen) atoms. The predicted octanol–water partition coefficient (Wildman–Crippen LogP) is 0.146. The molecule has 0 atom stereocenters. The maximum atomic E-state index is 5.45. The highest BCUT2D eigenvalue weighted by molar-refractivity contribution is 5.79. The van der Waals surface area contributed by atoms with Crippen molar-refractivity contribution in [1.29, 1.82) is 0 Å². The molecule has 0 amide bonds. The molecule has 0 aromatic carbocycles. The van der Waals surface area contributed by atoms with Crippen LogP contribution < -0.4 is 16.6 Å². The Labute approximate surface area is 98.4 Å². The number of guanidine groups is 1. The second-order valence-corrected chi connectivity index (χ2v) is 4.95. The Morgan fingerprint density at radius 1 is 1.44 bits per heavy atom. The van der Waals surface area contributed by atoms with Gasteiger partial charge >= 0.3 is 0 Å². The second-order valence-electron chi connectivity index (χ2n) is 4.95. The van der Waals surface area contributed by atoms with E-state index in [0.717, 1.165) is 38.4 Å². The summed E-state index contributed by atoms with van der Waals surface area (Å²) in [6.45, 7) is 7.37. The van der Waals surface area contributed by atoms with Crippen LogP contribution in [0.15, 0.2) is 4.99 Å². The number of hydrazine groups is 1. The summed E-state index contributed by atoms with van der Waals surface area (Å²) in [5.74, 6) is 6.73. The normalized spacial score (nSPS) is 20.2. The van der Waals surface area contributed by atoms with E-state index < -0.39 is 0 Å². The third kappa shape index (κ3) is 4.81. The fourth-order valence-corrected chi connectivity index (χ4v) is 1.75. The van der Waals surface area contributed by atoms with Crippen molar-refractivity contribution in [3.8, 4) is 0 Å². The van der Waals surface area contributed by atoms with Gasteiger partial charge in [0.05, 0.1) is 0 Å². The Morgan fingerprint density at radius 3 is 2.56 bits per heavy atom. The Bertz CT molecular complexity index is 218. The van der Waals surface area contributed by atoms with E-state index in [0.29, 0.717) is 12.0 Å². The number of piperidine rings is 1. The van der Waals surface area contributed by atoms with Gasteiger partial charge in [0.25, 0.3) is 0 Å². The van der Waals surface area contributed by atoms with Crippen LogP contribution in [0.2, 0.25) is 0 Å². The van der Waals surface area contributed by atoms with Crippen molar-refractivity contribution in [3.05, 3.63) is 0 Å². The maximum Gasteiger partial charge on any atom is 0.205 e. The molecule has 0 saturated carbocycles. The quantitative estimate of drug-likeness (QED) is 0.278. The topological polar surface area (TPSA) is 65.7 Å². The highest BCUT2D eigenvalue weighted by Gasteiger charge is 2.17. The molecule has 1 aliphatic rings. The minimum Gasteiger partial charge on any atom is -0.353 e. The van der Waals surface area contributed by atoms with Crippen LogP contribution in [0.25, 0.3) is 0 Å². The maximum absolute atomic E-state index is 5.45. The van der Waals surface area contributed by atoms with Crippen LogP contribution >= 0.6 is 0 Å². The summed E-state index contributed by atoms with van der Waals surface area (Å²) in [5, 5.41) is 3.37. The molecule has 1 aliphatic heterocycles. The lowest BCUT2D eigenvalue weighted by Gasteiger charge is -2.30. The zero-order valence-corrected chi connectivity index (χ0v) is 10.7. The molecule has 0 unspecified atom stereocenters. The summed E-state index contributed by atoms with van der Waals surface area (Å²) >= 11 is 0. The summed E-state index contributed by atoms with van der Waals surface area (Å²) in [7, 11) is 2.16. The molecule has 1 rings (SSSR count). The lowest BCUT2D eigenvalue weighted by molar-refractivity contribution is 0.246. The Kier molecular flexibility index (Phi) is 5.55. The molecule has 0 aromatic heterocycles. The van der Waals surface area contributed by atoms with Crippen LogP contribution in [0.1, 0.15) is 26.7 Å². The van der Waals surface area contributed by atoms with Crippen molar-refractivity contribution in [1.82, 2.24) is 15.6 Å².